The molecular weight excluding hydrogens is 576 g/mol. The molecule has 4 atom stereocenters. The summed E-state index contributed by atoms with van der Waals surface area (Å²) in [6, 6.07) is 10.1. The SMILES string of the molecule is C[C@@](O)(c1ccc(-c2nc([C@@H]3CC[C@H]4C(C(F)(F)F)CC(=O)N4C3)n3ccnc(N)c23)cc1)c1cccc(C(F)(F)F)c1. The van der Waals surface area contributed by atoms with Gasteiger partial charge in [-0.05, 0) is 43.0 Å². The van der Waals surface area contributed by atoms with Crippen molar-refractivity contribution in [1.82, 2.24) is 19.3 Å². The molecule has 2 saturated heterocycles. The van der Waals surface area contributed by atoms with Crippen LogP contribution in [0.15, 0.2) is 60.9 Å². The Morgan fingerprint density at radius 1 is 0.977 bits per heavy atom. The molecule has 4 heterocycles. The number of imidazole rings is 1. The molecule has 13 heteroatoms. The molecule has 0 bridgehead atoms. The molecule has 0 aliphatic carbocycles. The van der Waals surface area contributed by atoms with Crippen molar-refractivity contribution >= 4 is 17.2 Å². The fourth-order valence-electron chi connectivity index (χ4n) is 6.38. The molecule has 3 N–H and O–H groups in total. The van der Waals surface area contributed by atoms with E-state index in [1.54, 1.807) is 34.9 Å². The number of carbonyl (C=O) groups excluding carboxylic acids is 1. The highest BCUT2D eigenvalue weighted by atomic mass is 19.4. The molecule has 2 aliphatic heterocycles. The van der Waals surface area contributed by atoms with Gasteiger partial charge in [-0.15, -0.1) is 0 Å². The van der Waals surface area contributed by atoms with Crippen LogP contribution in [0.3, 0.4) is 0 Å². The number of aromatic nitrogens is 3. The quantitative estimate of drug-likeness (QED) is 0.283. The number of nitrogens with zero attached hydrogens (tertiary/aromatic N) is 4. The molecule has 43 heavy (non-hydrogen) atoms. The summed E-state index contributed by atoms with van der Waals surface area (Å²) in [4.78, 5) is 22.9. The van der Waals surface area contributed by atoms with E-state index in [4.69, 9.17) is 10.7 Å². The Bertz CT molecular complexity index is 1700. The predicted molar refractivity (Wildman–Crippen MR) is 145 cm³/mol. The van der Waals surface area contributed by atoms with Gasteiger partial charge in [0.05, 0.1) is 11.5 Å². The number of nitrogen functional groups attached to an aromatic ring is 1. The van der Waals surface area contributed by atoms with Crippen LogP contribution >= 0.6 is 0 Å². The lowest BCUT2D eigenvalue weighted by atomic mass is 9.86. The maximum absolute atomic E-state index is 13.6. The van der Waals surface area contributed by atoms with Crippen molar-refractivity contribution in [3.05, 3.63) is 83.4 Å². The van der Waals surface area contributed by atoms with E-state index in [1.807, 2.05) is 0 Å². The smallest absolute Gasteiger partial charge is 0.382 e. The van der Waals surface area contributed by atoms with E-state index in [-0.39, 0.29) is 30.3 Å². The molecule has 2 fully saturated rings. The van der Waals surface area contributed by atoms with E-state index in [0.29, 0.717) is 34.6 Å². The van der Waals surface area contributed by atoms with Crippen molar-refractivity contribution in [2.75, 3.05) is 12.3 Å². The van der Waals surface area contributed by atoms with Crippen molar-refractivity contribution in [3.8, 4) is 11.3 Å². The number of nitrogens with two attached hydrogens (primary N) is 1. The molecule has 226 valence electrons. The van der Waals surface area contributed by atoms with Crippen LogP contribution in [0.4, 0.5) is 32.2 Å². The second kappa shape index (κ2) is 9.97. The number of carbonyl (C=O) groups is 1. The summed E-state index contributed by atoms with van der Waals surface area (Å²) in [6.45, 7) is 1.50. The Morgan fingerprint density at radius 3 is 2.35 bits per heavy atom. The lowest BCUT2D eigenvalue weighted by Crippen LogP contribution is -2.45. The molecule has 1 unspecified atom stereocenters. The van der Waals surface area contributed by atoms with Crippen LogP contribution in [-0.2, 0) is 16.6 Å². The molecule has 7 nitrogen and oxygen atoms in total. The van der Waals surface area contributed by atoms with Gasteiger partial charge in [0, 0.05) is 42.9 Å². The number of amides is 1. The van der Waals surface area contributed by atoms with E-state index in [2.05, 4.69) is 4.98 Å². The third-order valence-corrected chi connectivity index (χ3v) is 8.68. The Morgan fingerprint density at radius 2 is 1.67 bits per heavy atom. The lowest BCUT2D eigenvalue weighted by Gasteiger charge is -2.37. The number of hydrogen-bond donors (Lipinski definition) is 2. The van der Waals surface area contributed by atoms with Crippen LogP contribution in [0, 0.1) is 5.92 Å². The van der Waals surface area contributed by atoms with E-state index in [0.717, 1.165) is 12.1 Å². The highest BCUT2D eigenvalue weighted by Crippen LogP contribution is 2.45. The maximum atomic E-state index is 13.6. The maximum Gasteiger partial charge on any atom is 0.416 e. The zero-order chi connectivity index (χ0) is 30.9. The number of fused-ring (bicyclic) bond motifs is 2. The van der Waals surface area contributed by atoms with E-state index < -0.39 is 47.8 Å². The molecule has 0 radical (unpaired) electrons. The average Bonchev–Trinajstić information content (AvgIpc) is 3.52. The van der Waals surface area contributed by atoms with Crippen LogP contribution in [0.25, 0.3) is 16.8 Å². The fraction of sp³-hybridized carbons (Fsp3) is 0.367. The Kier molecular flexibility index (Phi) is 6.71. The Labute approximate surface area is 242 Å². The topological polar surface area (TPSA) is 96.8 Å². The van der Waals surface area contributed by atoms with Gasteiger partial charge in [0.15, 0.2) is 0 Å². The van der Waals surface area contributed by atoms with Crippen LogP contribution in [-0.4, -0.2) is 49.0 Å². The standard InChI is InChI=1S/C30H27F6N5O2/c1-28(43,19-3-2-4-20(13-19)29(31,32)33)18-8-5-16(6-9-18)24-25-26(37)38-11-12-40(25)27(39-24)17-7-10-22-21(30(34,35)36)14-23(42)41(22)15-17/h2-6,8-9,11-13,17,21-22,43H,7,10,14-15H2,1H3,(H2,37,38)/t17-,21?,22+,28-/m1/s1. The number of anilines is 1. The largest absolute Gasteiger partial charge is 0.416 e. The summed E-state index contributed by atoms with van der Waals surface area (Å²) >= 11 is 0. The number of rotatable bonds is 4. The van der Waals surface area contributed by atoms with Crippen LogP contribution in [0.5, 0.6) is 0 Å². The molecule has 2 aliphatic rings. The summed E-state index contributed by atoms with van der Waals surface area (Å²) in [7, 11) is 0. The number of piperidine rings is 1. The Hall–Kier alpha value is -4.13. The molecule has 2 aromatic carbocycles. The second-order valence-corrected chi connectivity index (χ2v) is 11.3. The van der Waals surface area contributed by atoms with Crippen LogP contribution in [0.1, 0.15) is 54.6 Å². The molecule has 2 aromatic heterocycles. The molecule has 1 amide bonds. The first-order valence-corrected chi connectivity index (χ1v) is 13.7. The third kappa shape index (κ3) is 4.98. The highest BCUT2D eigenvalue weighted by Gasteiger charge is 2.55. The number of alkyl halides is 6. The molecule has 4 aromatic rings. The predicted octanol–water partition coefficient (Wildman–Crippen LogP) is 5.91. The lowest BCUT2D eigenvalue weighted by molar-refractivity contribution is -0.182. The van der Waals surface area contributed by atoms with Gasteiger partial charge < -0.3 is 15.7 Å². The molecule has 0 spiro atoms. The third-order valence-electron chi connectivity index (χ3n) is 8.68. The first kappa shape index (κ1) is 29.0. The van der Waals surface area contributed by atoms with Gasteiger partial charge in [-0.25, -0.2) is 9.97 Å². The minimum Gasteiger partial charge on any atom is -0.382 e. The summed E-state index contributed by atoms with van der Waals surface area (Å²) < 4.78 is 82.2. The molecule has 6 rings (SSSR count). The Balaban J connectivity index is 1.33. The van der Waals surface area contributed by atoms with Gasteiger partial charge in [0.1, 0.15) is 28.5 Å². The average molecular weight is 604 g/mol. The fourth-order valence-corrected chi connectivity index (χ4v) is 6.38. The van der Waals surface area contributed by atoms with Gasteiger partial charge in [-0.1, -0.05) is 36.4 Å². The summed E-state index contributed by atoms with van der Waals surface area (Å²) in [5, 5.41) is 11.2. The summed E-state index contributed by atoms with van der Waals surface area (Å²) in [6.07, 6.45) is -5.86. The number of benzene rings is 2. The zero-order valence-electron chi connectivity index (χ0n) is 22.8. The van der Waals surface area contributed by atoms with Gasteiger partial charge in [0.2, 0.25) is 5.91 Å². The number of hydrogen-bond acceptors (Lipinski definition) is 5. The van der Waals surface area contributed by atoms with Crippen molar-refractivity contribution < 1.29 is 36.2 Å². The highest BCUT2D eigenvalue weighted by molar-refractivity contribution is 5.85. The minimum absolute atomic E-state index is 0.0677. The van der Waals surface area contributed by atoms with E-state index >= 15 is 0 Å². The summed E-state index contributed by atoms with van der Waals surface area (Å²) in [5.74, 6) is -1.86. The van der Waals surface area contributed by atoms with Crippen molar-refractivity contribution in [1.29, 1.82) is 0 Å². The van der Waals surface area contributed by atoms with E-state index in [1.165, 1.54) is 30.2 Å². The minimum atomic E-state index is -4.56. The monoisotopic (exact) mass is 603 g/mol. The van der Waals surface area contributed by atoms with Crippen LogP contribution in [0.2, 0.25) is 0 Å². The van der Waals surface area contributed by atoms with Gasteiger partial charge in [-0.3, -0.25) is 9.20 Å². The molecule has 0 saturated carbocycles. The second-order valence-electron chi connectivity index (χ2n) is 11.3. The number of aliphatic hydroxyl groups is 1. The van der Waals surface area contributed by atoms with Crippen LogP contribution < -0.4 is 5.73 Å². The van der Waals surface area contributed by atoms with Gasteiger partial charge in [0.25, 0.3) is 0 Å². The number of halogens is 6. The van der Waals surface area contributed by atoms with Crippen molar-refractivity contribution in [2.45, 2.75) is 56.1 Å². The van der Waals surface area contributed by atoms with Crippen molar-refractivity contribution in [3.63, 3.8) is 0 Å². The first-order valence-electron chi connectivity index (χ1n) is 13.7. The van der Waals surface area contributed by atoms with Gasteiger partial charge in [-0.2, -0.15) is 26.3 Å². The van der Waals surface area contributed by atoms with Gasteiger partial charge >= 0.3 is 12.4 Å². The van der Waals surface area contributed by atoms with Crippen molar-refractivity contribution in [2.24, 2.45) is 5.92 Å². The summed E-state index contributed by atoms with van der Waals surface area (Å²) in [5.41, 5.74) is 5.53. The first-order chi connectivity index (χ1) is 20.2. The molecular formula is C30H27F6N5O2. The normalized spacial score (nSPS) is 22.6. The van der Waals surface area contributed by atoms with E-state index in [9.17, 15) is 36.2 Å². The zero-order valence-corrected chi connectivity index (χ0v) is 22.8.